The van der Waals surface area contributed by atoms with Gasteiger partial charge in [0.1, 0.15) is 0 Å². The van der Waals surface area contributed by atoms with E-state index in [-0.39, 0.29) is 6.54 Å². The van der Waals surface area contributed by atoms with Crippen LogP contribution in [0.1, 0.15) is 6.42 Å². The molecule has 0 atom stereocenters. The van der Waals surface area contributed by atoms with Gasteiger partial charge in [0.2, 0.25) is 0 Å². The van der Waals surface area contributed by atoms with Crippen LogP contribution in [-0.4, -0.2) is 48.1 Å². The molecule has 11 heavy (non-hydrogen) atoms. The largest absolute Gasteiger partial charge is 0.480 e. The Balaban J connectivity index is 3.22. The Kier molecular flexibility index (Phi) is 6.36. The third kappa shape index (κ3) is 7.68. The van der Waals surface area contributed by atoms with Crippen LogP contribution in [0.5, 0.6) is 0 Å². The molecule has 0 fully saturated rings. The van der Waals surface area contributed by atoms with E-state index in [0.717, 1.165) is 18.7 Å². The van der Waals surface area contributed by atoms with E-state index in [1.54, 1.807) is 11.8 Å². The Labute approximate surface area is 71.8 Å². The molecule has 0 aromatic rings. The Morgan fingerprint density at radius 3 is 2.73 bits per heavy atom. The van der Waals surface area contributed by atoms with E-state index < -0.39 is 5.97 Å². The molecule has 66 valence electrons. The number of nitrogens with zero attached hydrogens (tertiary/aromatic N) is 1. The highest BCUT2D eigenvalue weighted by atomic mass is 32.2. The van der Waals surface area contributed by atoms with E-state index in [0.29, 0.717) is 0 Å². The van der Waals surface area contributed by atoms with Crippen molar-refractivity contribution >= 4 is 17.7 Å². The van der Waals surface area contributed by atoms with Crippen molar-refractivity contribution in [3.8, 4) is 0 Å². The van der Waals surface area contributed by atoms with Crippen LogP contribution in [0.25, 0.3) is 0 Å². The molecule has 0 unspecified atom stereocenters. The summed E-state index contributed by atoms with van der Waals surface area (Å²) in [5.74, 6) is 0.348. The lowest BCUT2D eigenvalue weighted by Crippen LogP contribution is -2.26. The first-order valence-corrected chi connectivity index (χ1v) is 4.95. The average molecular weight is 177 g/mol. The number of carbonyl (C=O) groups is 1. The minimum atomic E-state index is -0.753. The smallest absolute Gasteiger partial charge is 0.317 e. The van der Waals surface area contributed by atoms with E-state index >= 15 is 0 Å². The zero-order chi connectivity index (χ0) is 8.69. The van der Waals surface area contributed by atoms with Gasteiger partial charge >= 0.3 is 5.97 Å². The Hall–Kier alpha value is -0.220. The number of hydrogen-bond donors (Lipinski definition) is 1. The summed E-state index contributed by atoms with van der Waals surface area (Å²) in [6.45, 7) is 1.02. The van der Waals surface area contributed by atoms with Crippen molar-refractivity contribution in [3.05, 3.63) is 0 Å². The second kappa shape index (κ2) is 6.49. The number of thioether (sulfide) groups is 1. The van der Waals surface area contributed by atoms with Crippen molar-refractivity contribution in [3.63, 3.8) is 0 Å². The summed E-state index contributed by atoms with van der Waals surface area (Å²) in [5.41, 5.74) is 0. The van der Waals surface area contributed by atoms with Crippen molar-refractivity contribution in [2.24, 2.45) is 0 Å². The maximum absolute atomic E-state index is 10.2. The second-order valence-electron chi connectivity index (χ2n) is 2.48. The highest BCUT2D eigenvalue weighted by molar-refractivity contribution is 7.98. The zero-order valence-electron chi connectivity index (χ0n) is 7.04. The highest BCUT2D eigenvalue weighted by Crippen LogP contribution is 1.96. The maximum Gasteiger partial charge on any atom is 0.317 e. The quantitative estimate of drug-likeness (QED) is 0.608. The van der Waals surface area contributed by atoms with Gasteiger partial charge in [-0.3, -0.25) is 9.69 Å². The molecule has 0 aromatic carbocycles. The molecule has 0 spiro atoms. The van der Waals surface area contributed by atoms with Gasteiger partial charge in [-0.15, -0.1) is 0 Å². The molecule has 1 N–H and O–H groups in total. The summed E-state index contributed by atoms with van der Waals surface area (Å²) in [6.07, 6.45) is 3.11. The van der Waals surface area contributed by atoms with Gasteiger partial charge in [0.05, 0.1) is 6.54 Å². The Bertz CT molecular complexity index is 119. The summed E-state index contributed by atoms with van der Waals surface area (Å²) in [7, 11) is 1.83. The molecule has 0 heterocycles. The number of hydrogen-bond acceptors (Lipinski definition) is 3. The molecule has 0 amide bonds. The molecule has 0 aromatic heterocycles. The third-order valence-electron chi connectivity index (χ3n) is 1.29. The molecule has 0 saturated heterocycles. The fraction of sp³-hybridized carbons (Fsp3) is 0.857. The predicted molar refractivity (Wildman–Crippen MR) is 48.1 cm³/mol. The zero-order valence-corrected chi connectivity index (χ0v) is 7.86. The van der Waals surface area contributed by atoms with Crippen molar-refractivity contribution in [2.75, 3.05) is 32.1 Å². The lowest BCUT2D eigenvalue weighted by Gasteiger charge is -2.12. The summed E-state index contributed by atoms with van der Waals surface area (Å²) >= 11 is 1.79. The van der Waals surface area contributed by atoms with E-state index in [9.17, 15) is 4.79 Å². The van der Waals surface area contributed by atoms with E-state index in [2.05, 4.69) is 6.26 Å². The number of carboxylic acid groups (broad SMARTS) is 1. The van der Waals surface area contributed by atoms with E-state index in [1.807, 2.05) is 11.9 Å². The molecule has 0 aliphatic rings. The Morgan fingerprint density at radius 2 is 2.27 bits per heavy atom. The SMILES string of the molecule is CSCCCN(C)CC(=O)O. The Morgan fingerprint density at radius 1 is 1.64 bits per heavy atom. The fourth-order valence-electron chi connectivity index (χ4n) is 0.789. The maximum atomic E-state index is 10.2. The van der Waals surface area contributed by atoms with Crippen LogP contribution in [0.15, 0.2) is 0 Å². The summed E-state index contributed by atoms with van der Waals surface area (Å²) in [6, 6.07) is 0. The van der Waals surface area contributed by atoms with Crippen LogP contribution in [-0.2, 0) is 4.79 Å². The number of likely N-dealkylation sites (N-methyl/N-ethyl adjacent to an activating group) is 1. The van der Waals surface area contributed by atoms with E-state index in [1.165, 1.54) is 0 Å². The standard InChI is InChI=1S/C7H15NO2S/c1-8(6-7(9)10)4-3-5-11-2/h3-6H2,1-2H3,(H,9,10). The topological polar surface area (TPSA) is 40.5 Å². The van der Waals surface area contributed by atoms with Crippen LogP contribution in [0.2, 0.25) is 0 Å². The fourth-order valence-corrected chi connectivity index (χ4v) is 1.21. The van der Waals surface area contributed by atoms with Crippen molar-refractivity contribution in [2.45, 2.75) is 6.42 Å². The van der Waals surface area contributed by atoms with Crippen molar-refractivity contribution in [1.29, 1.82) is 0 Å². The minimum Gasteiger partial charge on any atom is -0.480 e. The molecular weight excluding hydrogens is 162 g/mol. The van der Waals surface area contributed by atoms with Crippen LogP contribution in [0, 0.1) is 0 Å². The van der Waals surface area contributed by atoms with Gasteiger partial charge in [0, 0.05) is 0 Å². The first-order chi connectivity index (χ1) is 5.16. The number of carboxylic acids is 1. The molecular formula is C7H15NO2S. The number of rotatable bonds is 6. The normalized spacial score (nSPS) is 10.5. The van der Waals surface area contributed by atoms with Gasteiger partial charge < -0.3 is 5.11 Å². The molecule has 0 radical (unpaired) electrons. The summed E-state index contributed by atoms with van der Waals surface area (Å²) < 4.78 is 0. The van der Waals surface area contributed by atoms with Crippen LogP contribution in [0.4, 0.5) is 0 Å². The lowest BCUT2D eigenvalue weighted by molar-refractivity contribution is -0.137. The molecule has 4 heteroatoms. The average Bonchev–Trinajstić information content (AvgIpc) is 1.86. The highest BCUT2D eigenvalue weighted by Gasteiger charge is 2.02. The minimum absolute atomic E-state index is 0.147. The van der Waals surface area contributed by atoms with Gasteiger partial charge in [-0.05, 0) is 32.0 Å². The van der Waals surface area contributed by atoms with Gasteiger partial charge in [0.15, 0.2) is 0 Å². The first kappa shape index (κ1) is 10.8. The third-order valence-corrected chi connectivity index (χ3v) is 1.99. The molecule has 0 aliphatic heterocycles. The van der Waals surface area contributed by atoms with Gasteiger partial charge in [-0.1, -0.05) is 0 Å². The molecule has 0 bridgehead atoms. The summed E-state index contributed by atoms with van der Waals surface area (Å²) in [5, 5.41) is 8.39. The first-order valence-electron chi connectivity index (χ1n) is 3.56. The van der Waals surface area contributed by atoms with Crippen LogP contribution >= 0.6 is 11.8 Å². The van der Waals surface area contributed by atoms with Gasteiger partial charge in [-0.25, -0.2) is 0 Å². The molecule has 3 nitrogen and oxygen atoms in total. The molecule has 0 saturated carbocycles. The molecule has 0 rings (SSSR count). The lowest BCUT2D eigenvalue weighted by atomic mass is 10.4. The van der Waals surface area contributed by atoms with Crippen molar-refractivity contribution in [1.82, 2.24) is 4.90 Å². The van der Waals surface area contributed by atoms with Crippen molar-refractivity contribution < 1.29 is 9.90 Å². The monoisotopic (exact) mass is 177 g/mol. The number of aliphatic carboxylic acids is 1. The van der Waals surface area contributed by atoms with Crippen LogP contribution < -0.4 is 0 Å². The predicted octanol–water partition coefficient (Wildman–Crippen LogP) is 0.756. The van der Waals surface area contributed by atoms with Crippen LogP contribution in [0.3, 0.4) is 0 Å². The summed E-state index contributed by atoms with van der Waals surface area (Å²) in [4.78, 5) is 12.0. The molecule has 0 aliphatic carbocycles. The van der Waals surface area contributed by atoms with E-state index in [4.69, 9.17) is 5.11 Å². The van der Waals surface area contributed by atoms with Gasteiger partial charge in [-0.2, -0.15) is 11.8 Å². The second-order valence-corrected chi connectivity index (χ2v) is 3.46. The van der Waals surface area contributed by atoms with Gasteiger partial charge in [0.25, 0.3) is 0 Å².